The van der Waals surface area contributed by atoms with E-state index in [1.54, 1.807) is 25.1 Å². The lowest BCUT2D eigenvalue weighted by molar-refractivity contribution is -0.119. The molecule has 0 fully saturated rings. The van der Waals surface area contributed by atoms with Crippen LogP contribution >= 0.6 is 11.6 Å². The number of benzene rings is 1. The zero-order chi connectivity index (χ0) is 18.3. The molecule has 0 bridgehead atoms. The van der Waals surface area contributed by atoms with Gasteiger partial charge in [0.05, 0.1) is 18.0 Å². The molecule has 1 amide bonds. The summed E-state index contributed by atoms with van der Waals surface area (Å²) in [5.41, 5.74) is 1.13. The van der Waals surface area contributed by atoms with Crippen molar-refractivity contribution in [1.82, 2.24) is 5.32 Å². The first kappa shape index (κ1) is 20.7. The molecule has 0 saturated carbocycles. The number of ether oxygens (including phenoxy) is 1. The van der Waals surface area contributed by atoms with Crippen molar-refractivity contribution in [3.8, 4) is 0 Å². The highest BCUT2D eigenvalue weighted by molar-refractivity contribution is 7.92. The van der Waals surface area contributed by atoms with Crippen LogP contribution in [0.2, 0.25) is 5.02 Å². The number of carbonyl (C=O) groups is 1. The standard InChI is InChI=1S/C16H25ClN2O4S/c1-12(2)23-9-5-8-18-16(20)11-19(24(4,21)22)15-7-6-14(17)10-13(15)3/h6-7,10,12H,5,8-9,11H2,1-4H3,(H,18,20). The molecule has 0 spiro atoms. The molecule has 24 heavy (non-hydrogen) atoms. The molecule has 0 aliphatic rings. The van der Waals surface area contributed by atoms with E-state index in [-0.39, 0.29) is 18.6 Å². The summed E-state index contributed by atoms with van der Waals surface area (Å²) in [6.07, 6.45) is 1.89. The monoisotopic (exact) mass is 376 g/mol. The lowest BCUT2D eigenvalue weighted by Crippen LogP contribution is -2.41. The van der Waals surface area contributed by atoms with Crippen LogP contribution in [-0.2, 0) is 19.6 Å². The maximum atomic E-state index is 12.1. The zero-order valence-corrected chi connectivity index (χ0v) is 16.1. The fourth-order valence-electron chi connectivity index (χ4n) is 2.09. The number of hydrogen-bond donors (Lipinski definition) is 1. The number of anilines is 1. The molecule has 0 heterocycles. The van der Waals surface area contributed by atoms with Crippen molar-refractivity contribution in [3.05, 3.63) is 28.8 Å². The second kappa shape index (κ2) is 9.25. The summed E-state index contributed by atoms with van der Waals surface area (Å²) in [6.45, 7) is 6.34. The Bertz CT molecular complexity index is 662. The average Bonchev–Trinajstić information content (AvgIpc) is 2.43. The number of nitrogens with one attached hydrogen (secondary N) is 1. The van der Waals surface area contributed by atoms with Gasteiger partial charge in [0, 0.05) is 18.2 Å². The van der Waals surface area contributed by atoms with Crippen molar-refractivity contribution in [2.45, 2.75) is 33.3 Å². The number of carbonyl (C=O) groups excluding carboxylic acids is 1. The van der Waals surface area contributed by atoms with E-state index in [4.69, 9.17) is 16.3 Å². The molecule has 1 aromatic rings. The molecule has 0 atom stereocenters. The third kappa shape index (κ3) is 7.07. The van der Waals surface area contributed by atoms with Crippen LogP contribution < -0.4 is 9.62 Å². The van der Waals surface area contributed by atoms with E-state index in [1.165, 1.54) is 0 Å². The summed E-state index contributed by atoms with van der Waals surface area (Å²) in [7, 11) is -3.59. The van der Waals surface area contributed by atoms with Crippen LogP contribution in [0.15, 0.2) is 18.2 Å². The van der Waals surface area contributed by atoms with Gasteiger partial charge in [-0.1, -0.05) is 11.6 Å². The van der Waals surface area contributed by atoms with Gasteiger partial charge < -0.3 is 10.1 Å². The van der Waals surface area contributed by atoms with E-state index < -0.39 is 10.0 Å². The Hall–Kier alpha value is -1.31. The van der Waals surface area contributed by atoms with E-state index in [1.807, 2.05) is 13.8 Å². The highest BCUT2D eigenvalue weighted by atomic mass is 35.5. The number of aryl methyl sites for hydroxylation is 1. The maximum absolute atomic E-state index is 12.1. The minimum atomic E-state index is -3.59. The molecule has 6 nitrogen and oxygen atoms in total. The van der Waals surface area contributed by atoms with Crippen molar-refractivity contribution in [2.24, 2.45) is 0 Å². The normalized spacial score (nSPS) is 11.6. The van der Waals surface area contributed by atoms with E-state index in [9.17, 15) is 13.2 Å². The molecule has 0 aromatic heterocycles. The van der Waals surface area contributed by atoms with Gasteiger partial charge >= 0.3 is 0 Å². The number of nitrogens with zero attached hydrogens (tertiary/aromatic N) is 1. The third-order valence-electron chi connectivity index (χ3n) is 3.21. The predicted molar refractivity (Wildman–Crippen MR) is 97.1 cm³/mol. The van der Waals surface area contributed by atoms with E-state index in [2.05, 4.69) is 5.32 Å². The van der Waals surface area contributed by atoms with Crippen LogP contribution in [-0.4, -0.2) is 46.4 Å². The Morgan fingerprint density at radius 3 is 2.58 bits per heavy atom. The number of amides is 1. The molecule has 1 N–H and O–H groups in total. The highest BCUT2D eigenvalue weighted by Gasteiger charge is 2.22. The average molecular weight is 377 g/mol. The van der Waals surface area contributed by atoms with Gasteiger partial charge in [0.2, 0.25) is 15.9 Å². The van der Waals surface area contributed by atoms with Crippen molar-refractivity contribution < 1.29 is 17.9 Å². The summed E-state index contributed by atoms with van der Waals surface area (Å²) in [4.78, 5) is 12.1. The van der Waals surface area contributed by atoms with Gasteiger partial charge in [0.1, 0.15) is 6.54 Å². The van der Waals surface area contributed by atoms with Gasteiger partial charge in [-0.2, -0.15) is 0 Å². The smallest absolute Gasteiger partial charge is 0.240 e. The SMILES string of the molecule is Cc1cc(Cl)ccc1N(CC(=O)NCCCOC(C)C)S(C)(=O)=O. The fraction of sp³-hybridized carbons (Fsp3) is 0.562. The molecule has 136 valence electrons. The largest absolute Gasteiger partial charge is 0.379 e. The molecule has 8 heteroatoms. The first-order chi connectivity index (χ1) is 11.1. The molecule has 0 unspecified atom stereocenters. The van der Waals surface area contributed by atoms with Gasteiger partial charge in [-0.05, 0) is 51.0 Å². The van der Waals surface area contributed by atoms with E-state index in [0.29, 0.717) is 35.8 Å². The highest BCUT2D eigenvalue weighted by Crippen LogP contribution is 2.25. The van der Waals surface area contributed by atoms with Crippen LogP contribution in [0.1, 0.15) is 25.8 Å². The molecular formula is C16H25ClN2O4S. The summed E-state index contributed by atoms with van der Waals surface area (Å²) >= 11 is 5.90. The van der Waals surface area contributed by atoms with Crippen LogP contribution in [0, 0.1) is 6.92 Å². The third-order valence-corrected chi connectivity index (χ3v) is 4.57. The number of sulfonamides is 1. The first-order valence-electron chi connectivity index (χ1n) is 7.73. The first-order valence-corrected chi connectivity index (χ1v) is 9.96. The van der Waals surface area contributed by atoms with Crippen molar-refractivity contribution in [3.63, 3.8) is 0 Å². The van der Waals surface area contributed by atoms with Gasteiger partial charge in [0.25, 0.3) is 0 Å². The summed E-state index contributed by atoms with van der Waals surface area (Å²) in [6, 6.07) is 4.86. The summed E-state index contributed by atoms with van der Waals surface area (Å²) in [5.74, 6) is -0.362. The van der Waals surface area contributed by atoms with Crippen molar-refractivity contribution in [1.29, 1.82) is 0 Å². The number of rotatable bonds is 9. The summed E-state index contributed by atoms with van der Waals surface area (Å²) in [5, 5.41) is 3.22. The summed E-state index contributed by atoms with van der Waals surface area (Å²) < 4.78 is 30.6. The lowest BCUT2D eigenvalue weighted by Gasteiger charge is -2.23. The lowest BCUT2D eigenvalue weighted by atomic mass is 10.2. The van der Waals surface area contributed by atoms with E-state index >= 15 is 0 Å². The van der Waals surface area contributed by atoms with Gasteiger partial charge in [-0.15, -0.1) is 0 Å². The quantitative estimate of drug-likeness (QED) is 0.671. The number of hydrogen-bond acceptors (Lipinski definition) is 4. The van der Waals surface area contributed by atoms with Gasteiger partial charge in [0.15, 0.2) is 0 Å². The Labute approximate surface area is 149 Å². The van der Waals surface area contributed by atoms with Crippen LogP contribution in [0.5, 0.6) is 0 Å². The van der Waals surface area contributed by atoms with E-state index in [0.717, 1.165) is 10.6 Å². The molecule has 1 aromatic carbocycles. The molecule has 0 saturated heterocycles. The predicted octanol–water partition coefficient (Wildman–Crippen LogP) is 2.35. The fourth-order valence-corrected chi connectivity index (χ4v) is 3.23. The van der Waals surface area contributed by atoms with Crippen LogP contribution in [0.25, 0.3) is 0 Å². The maximum Gasteiger partial charge on any atom is 0.240 e. The topological polar surface area (TPSA) is 75.7 Å². The number of halogens is 1. The Morgan fingerprint density at radius 2 is 2.04 bits per heavy atom. The molecule has 0 aliphatic carbocycles. The molecule has 0 aliphatic heterocycles. The Balaban J connectivity index is 2.69. The van der Waals surface area contributed by atoms with Gasteiger partial charge in [-0.25, -0.2) is 8.42 Å². The van der Waals surface area contributed by atoms with Crippen LogP contribution in [0.4, 0.5) is 5.69 Å². The second-order valence-corrected chi connectivity index (χ2v) is 8.17. The minimum Gasteiger partial charge on any atom is -0.379 e. The van der Waals surface area contributed by atoms with Crippen molar-refractivity contribution >= 4 is 33.2 Å². The second-order valence-electron chi connectivity index (χ2n) is 5.82. The van der Waals surface area contributed by atoms with Crippen molar-refractivity contribution in [2.75, 3.05) is 30.3 Å². The molecular weight excluding hydrogens is 352 g/mol. The minimum absolute atomic E-state index is 0.148. The van der Waals surface area contributed by atoms with Crippen LogP contribution in [0.3, 0.4) is 0 Å². The Morgan fingerprint density at radius 1 is 1.38 bits per heavy atom. The van der Waals surface area contributed by atoms with Gasteiger partial charge in [-0.3, -0.25) is 9.10 Å². The molecule has 0 radical (unpaired) electrons. The zero-order valence-electron chi connectivity index (χ0n) is 14.5. The Kier molecular flexibility index (Phi) is 7.99. The molecule has 1 rings (SSSR count).